The van der Waals surface area contributed by atoms with Gasteiger partial charge in [-0.25, -0.2) is 0 Å². The van der Waals surface area contributed by atoms with Gasteiger partial charge in [0, 0.05) is 0 Å². The van der Waals surface area contributed by atoms with Crippen molar-refractivity contribution in [2.75, 3.05) is 0 Å². The third-order valence-electron chi connectivity index (χ3n) is 2.09. The molecule has 14 heavy (non-hydrogen) atoms. The Hall–Kier alpha value is -1.57. The number of carbonyl (C=O) groups is 1. The molecule has 2 heteroatoms. The van der Waals surface area contributed by atoms with Crippen molar-refractivity contribution in [3.63, 3.8) is 0 Å². The number of phenolic OH excluding ortho intramolecular Hbond substituents is 1. The number of hydrogen-bond donors (Lipinski definition) is 1. The van der Waals surface area contributed by atoms with Gasteiger partial charge in [0.05, 0.1) is 0 Å². The Labute approximate surface area is 83.9 Å². The van der Waals surface area contributed by atoms with Crippen LogP contribution in [-0.2, 0) is 4.79 Å². The summed E-state index contributed by atoms with van der Waals surface area (Å²) in [6.07, 6.45) is 2.62. The van der Waals surface area contributed by atoms with E-state index in [1.807, 2.05) is 26.0 Å². The lowest BCUT2D eigenvalue weighted by atomic mass is 10.0. The van der Waals surface area contributed by atoms with Crippen LogP contribution in [0.3, 0.4) is 0 Å². The molecule has 0 unspecified atom stereocenters. The van der Waals surface area contributed by atoms with Gasteiger partial charge in [0.1, 0.15) is 12.0 Å². The van der Waals surface area contributed by atoms with Crippen molar-refractivity contribution in [2.24, 2.45) is 0 Å². The first-order valence-electron chi connectivity index (χ1n) is 4.48. The number of rotatable bonds is 2. The van der Waals surface area contributed by atoms with Gasteiger partial charge in [-0.2, -0.15) is 0 Å². The highest BCUT2D eigenvalue weighted by atomic mass is 16.3. The van der Waals surface area contributed by atoms with Crippen molar-refractivity contribution >= 4 is 12.4 Å². The highest BCUT2D eigenvalue weighted by Crippen LogP contribution is 2.23. The minimum atomic E-state index is 0.325. The highest BCUT2D eigenvalue weighted by molar-refractivity contribution is 5.81. The molecule has 1 aromatic carbocycles. The maximum Gasteiger partial charge on any atom is 0.145 e. The van der Waals surface area contributed by atoms with Crippen molar-refractivity contribution in [3.8, 4) is 5.75 Å². The second-order valence-electron chi connectivity index (χ2n) is 3.51. The number of aromatic hydroxyl groups is 1. The van der Waals surface area contributed by atoms with Crippen LogP contribution < -0.4 is 0 Å². The average Bonchev–Trinajstić information content (AvgIpc) is 2.14. The smallest absolute Gasteiger partial charge is 0.145 e. The van der Waals surface area contributed by atoms with Crippen LogP contribution in [0.1, 0.15) is 23.6 Å². The summed E-state index contributed by atoms with van der Waals surface area (Å²) in [6.45, 7) is 5.44. The van der Waals surface area contributed by atoms with Crippen LogP contribution in [0.4, 0.5) is 0 Å². The number of allylic oxidation sites excluding steroid dienone is 1. The minimum Gasteiger partial charge on any atom is -0.507 e. The van der Waals surface area contributed by atoms with Crippen LogP contribution in [-0.4, -0.2) is 11.4 Å². The first-order valence-corrected chi connectivity index (χ1v) is 4.48. The Kier molecular flexibility index (Phi) is 3.07. The maximum atomic E-state index is 10.4. The van der Waals surface area contributed by atoms with Crippen LogP contribution in [0.5, 0.6) is 5.75 Å². The minimum absolute atomic E-state index is 0.325. The third kappa shape index (κ3) is 2.22. The van der Waals surface area contributed by atoms with Crippen molar-refractivity contribution < 1.29 is 9.90 Å². The average molecular weight is 190 g/mol. The van der Waals surface area contributed by atoms with E-state index in [1.165, 1.54) is 0 Å². The zero-order valence-corrected chi connectivity index (χ0v) is 8.66. The summed E-state index contributed by atoms with van der Waals surface area (Å²) >= 11 is 0. The van der Waals surface area contributed by atoms with E-state index in [2.05, 4.69) is 0 Å². The van der Waals surface area contributed by atoms with E-state index in [0.717, 1.165) is 23.0 Å². The molecule has 2 nitrogen and oxygen atoms in total. The van der Waals surface area contributed by atoms with Gasteiger partial charge in [0.15, 0.2) is 0 Å². The Morgan fingerprint density at radius 1 is 1.29 bits per heavy atom. The van der Waals surface area contributed by atoms with Gasteiger partial charge in [-0.05, 0) is 61.2 Å². The fourth-order valence-corrected chi connectivity index (χ4v) is 1.37. The molecular formula is C12H14O2. The molecule has 0 aliphatic rings. The number of phenols is 1. The lowest BCUT2D eigenvalue weighted by Gasteiger charge is -2.04. The van der Waals surface area contributed by atoms with Crippen molar-refractivity contribution in [1.82, 2.24) is 0 Å². The summed E-state index contributed by atoms with van der Waals surface area (Å²) in [5.41, 5.74) is 3.28. The Bertz CT molecular complexity index is 366. The van der Waals surface area contributed by atoms with Gasteiger partial charge in [-0.3, -0.25) is 4.79 Å². The first-order chi connectivity index (χ1) is 6.54. The van der Waals surface area contributed by atoms with E-state index in [-0.39, 0.29) is 0 Å². The highest BCUT2D eigenvalue weighted by Gasteiger charge is 2.01. The SMILES string of the molecule is CC(C=O)=Cc1cc(C)c(O)c(C)c1. The molecule has 0 atom stereocenters. The Morgan fingerprint density at radius 2 is 1.79 bits per heavy atom. The Balaban J connectivity index is 3.19. The molecule has 0 fully saturated rings. The second kappa shape index (κ2) is 4.09. The normalized spacial score (nSPS) is 11.5. The lowest BCUT2D eigenvalue weighted by molar-refractivity contribution is -0.104. The summed E-state index contributed by atoms with van der Waals surface area (Å²) in [5, 5.41) is 9.53. The molecular weight excluding hydrogens is 176 g/mol. The number of aryl methyl sites for hydroxylation is 2. The molecule has 1 rings (SSSR count). The van der Waals surface area contributed by atoms with Gasteiger partial charge in [-0.1, -0.05) is 0 Å². The van der Waals surface area contributed by atoms with Crippen molar-refractivity contribution in [1.29, 1.82) is 0 Å². The molecule has 1 aromatic rings. The van der Waals surface area contributed by atoms with Gasteiger partial charge in [0.2, 0.25) is 0 Å². The quantitative estimate of drug-likeness (QED) is 0.575. The van der Waals surface area contributed by atoms with Crippen molar-refractivity contribution in [3.05, 3.63) is 34.4 Å². The van der Waals surface area contributed by atoms with E-state index in [4.69, 9.17) is 0 Å². The van der Waals surface area contributed by atoms with Gasteiger partial charge in [0.25, 0.3) is 0 Å². The van der Waals surface area contributed by atoms with E-state index < -0.39 is 0 Å². The predicted molar refractivity (Wildman–Crippen MR) is 57.3 cm³/mol. The summed E-state index contributed by atoms with van der Waals surface area (Å²) < 4.78 is 0. The fraction of sp³-hybridized carbons (Fsp3) is 0.250. The zero-order chi connectivity index (χ0) is 10.7. The summed E-state index contributed by atoms with van der Waals surface area (Å²) in [5.74, 6) is 0.325. The zero-order valence-electron chi connectivity index (χ0n) is 8.66. The molecule has 0 spiro atoms. The van der Waals surface area contributed by atoms with Gasteiger partial charge >= 0.3 is 0 Å². The van der Waals surface area contributed by atoms with Crippen LogP contribution >= 0.6 is 0 Å². The topological polar surface area (TPSA) is 37.3 Å². The summed E-state index contributed by atoms with van der Waals surface area (Å²) in [4.78, 5) is 10.4. The largest absolute Gasteiger partial charge is 0.507 e. The number of hydrogen-bond acceptors (Lipinski definition) is 2. The molecule has 0 radical (unpaired) electrons. The number of carbonyl (C=O) groups excluding carboxylic acids is 1. The van der Waals surface area contributed by atoms with Crippen LogP contribution in [0.2, 0.25) is 0 Å². The number of benzene rings is 1. The van der Waals surface area contributed by atoms with E-state index in [9.17, 15) is 9.90 Å². The van der Waals surface area contributed by atoms with Gasteiger partial charge in [-0.15, -0.1) is 0 Å². The molecule has 0 aliphatic heterocycles. The molecule has 74 valence electrons. The predicted octanol–water partition coefficient (Wildman–Crippen LogP) is 2.61. The van der Waals surface area contributed by atoms with E-state index >= 15 is 0 Å². The maximum absolute atomic E-state index is 10.4. The Morgan fingerprint density at radius 3 is 2.21 bits per heavy atom. The summed E-state index contributed by atoms with van der Waals surface area (Å²) in [6, 6.07) is 3.71. The second-order valence-corrected chi connectivity index (χ2v) is 3.51. The van der Waals surface area contributed by atoms with Crippen LogP contribution in [0, 0.1) is 13.8 Å². The number of aldehydes is 1. The van der Waals surface area contributed by atoms with E-state index in [0.29, 0.717) is 11.3 Å². The fourth-order valence-electron chi connectivity index (χ4n) is 1.37. The summed E-state index contributed by atoms with van der Waals surface area (Å²) in [7, 11) is 0. The molecule has 1 N–H and O–H groups in total. The first kappa shape index (κ1) is 10.5. The third-order valence-corrected chi connectivity index (χ3v) is 2.09. The monoisotopic (exact) mass is 190 g/mol. The lowest BCUT2D eigenvalue weighted by Crippen LogP contribution is -1.84. The van der Waals surface area contributed by atoms with E-state index in [1.54, 1.807) is 13.0 Å². The van der Waals surface area contributed by atoms with Crippen LogP contribution in [0.15, 0.2) is 17.7 Å². The molecule has 0 saturated carbocycles. The molecule has 0 saturated heterocycles. The van der Waals surface area contributed by atoms with Crippen LogP contribution in [0.25, 0.3) is 6.08 Å². The molecule has 0 amide bonds. The molecule has 0 aliphatic carbocycles. The molecule has 0 aromatic heterocycles. The molecule has 0 bridgehead atoms. The van der Waals surface area contributed by atoms with Gasteiger partial charge < -0.3 is 5.11 Å². The standard InChI is InChI=1S/C12H14O2/c1-8(7-13)4-11-5-9(2)12(14)10(3)6-11/h4-7,14H,1-3H3. The van der Waals surface area contributed by atoms with Crippen molar-refractivity contribution in [2.45, 2.75) is 20.8 Å². The molecule has 0 heterocycles.